The number of aryl methyl sites for hydroxylation is 2. The predicted molar refractivity (Wildman–Crippen MR) is 73.1 cm³/mol. The summed E-state index contributed by atoms with van der Waals surface area (Å²) in [6.45, 7) is 2.30. The van der Waals surface area contributed by atoms with Gasteiger partial charge in [0.25, 0.3) is 10.0 Å². The number of hydrogen-bond acceptors (Lipinski definition) is 4. The summed E-state index contributed by atoms with van der Waals surface area (Å²) < 4.78 is 29.1. The van der Waals surface area contributed by atoms with Crippen LogP contribution in [0.2, 0.25) is 0 Å². The Balaban J connectivity index is 2.16. The summed E-state index contributed by atoms with van der Waals surface area (Å²) in [5.74, 6) is 0.910. The van der Waals surface area contributed by atoms with E-state index in [1.165, 1.54) is 6.20 Å². The minimum atomic E-state index is -3.54. The van der Waals surface area contributed by atoms with Crippen molar-refractivity contribution in [2.24, 2.45) is 18.7 Å². The highest BCUT2D eigenvalue weighted by atomic mass is 32.2. The van der Waals surface area contributed by atoms with Crippen LogP contribution in [0.3, 0.4) is 0 Å². The van der Waals surface area contributed by atoms with Crippen molar-refractivity contribution in [3.05, 3.63) is 12.0 Å². The molecule has 0 saturated heterocycles. The Labute approximate surface area is 114 Å². The zero-order valence-corrected chi connectivity index (χ0v) is 12.3. The number of imidazole rings is 1. The largest absolute Gasteiger partial charge is 0.337 e. The van der Waals surface area contributed by atoms with Gasteiger partial charge >= 0.3 is 0 Å². The SMILES string of the molecule is Cc1nc(S(=O)(=O)N[C@H]2CCCC[C@@H]2CN)cn1C. The second-order valence-electron chi connectivity index (χ2n) is 5.25. The zero-order chi connectivity index (χ0) is 14.0. The van der Waals surface area contributed by atoms with Gasteiger partial charge < -0.3 is 10.3 Å². The molecule has 1 aromatic heterocycles. The molecule has 6 nitrogen and oxygen atoms in total. The predicted octanol–water partition coefficient (Wildman–Crippen LogP) is 0.524. The average molecular weight is 286 g/mol. The third kappa shape index (κ3) is 3.16. The molecule has 7 heteroatoms. The summed E-state index contributed by atoms with van der Waals surface area (Å²) in [6.07, 6.45) is 5.56. The van der Waals surface area contributed by atoms with Crippen LogP contribution in [-0.4, -0.2) is 30.6 Å². The molecule has 0 unspecified atom stereocenters. The van der Waals surface area contributed by atoms with Crippen molar-refractivity contribution >= 4 is 10.0 Å². The Hall–Kier alpha value is -0.920. The van der Waals surface area contributed by atoms with E-state index in [-0.39, 0.29) is 17.0 Å². The number of sulfonamides is 1. The molecule has 2 atom stereocenters. The summed E-state index contributed by atoms with van der Waals surface area (Å²) in [4.78, 5) is 4.08. The minimum absolute atomic E-state index is 0.0638. The van der Waals surface area contributed by atoms with Crippen molar-refractivity contribution in [2.45, 2.75) is 43.7 Å². The van der Waals surface area contributed by atoms with Gasteiger partial charge in [0.1, 0.15) is 5.82 Å². The van der Waals surface area contributed by atoms with Gasteiger partial charge in [0.2, 0.25) is 0 Å². The van der Waals surface area contributed by atoms with E-state index in [9.17, 15) is 8.42 Å². The lowest BCUT2D eigenvalue weighted by molar-refractivity contribution is 0.296. The van der Waals surface area contributed by atoms with Gasteiger partial charge in [0.15, 0.2) is 5.03 Å². The molecule has 1 saturated carbocycles. The number of nitrogens with zero attached hydrogens (tertiary/aromatic N) is 2. The van der Waals surface area contributed by atoms with Gasteiger partial charge in [0.05, 0.1) is 0 Å². The molecule has 0 radical (unpaired) electrons. The number of hydrogen-bond donors (Lipinski definition) is 2. The fourth-order valence-electron chi connectivity index (χ4n) is 2.56. The number of nitrogens with one attached hydrogen (secondary N) is 1. The van der Waals surface area contributed by atoms with Crippen LogP contribution in [0.25, 0.3) is 0 Å². The molecule has 0 aliphatic heterocycles. The quantitative estimate of drug-likeness (QED) is 0.844. The Bertz CT molecular complexity index is 518. The summed E-state index contributed by atoms with van der Waals surface area (Å²) in [6, 6.07) is -0.0638. The Morgan fingerprint density at radius 2 is 2.16 bits per heavy atom. The summed E-state index contributed by atoms with van der Waals surface area (Å²) >= 11 is 0. The maximum atomic E-state index is 12.3. The minimum Gasteiger partial charge on any atom is -0.337 e. The van der Waals surface area contributed by atoms with Crippen LogP contribution in [0.5, 0.6) is 0 Å². The van der Waals surface area contributed by atoms with Crippen molar-refractivity contribution in [2.75, 3.05) is 6.54 Å². The first-order chi connectivity index (χ1) is 8.94. The fraction of sp³-hybridized carbons (Fsp3) is 0.750. The normalized spacial score (nSPS) is 24.6. The first kappa shape index (κ1) is 14.5. The molecule has 1 fully saturated rings. The molecule has 1 aliphatic carbocycles. The molecule has 1 heterocycles. The highest BCUT2D eigenvalue weighted by Crippen LogP contribution is 2.25. The molecule has 0 aromatic carbocycles. The van der Waals surface area contributed by atoms with E-state index in [1.54, 1.807) is 18.5 Å². The van der Waals surface area contributed by atoms with Crippen LogP contribution in [0.4, 0.5) is 0 Å². The maximum Gasteiger partial charge on any atom is 0.259 e. The summed E-state index contributed by atoms with van der Waals surface area (Å²) in [7, 11) is -1.76. The van der Waals surface area contributed by atoms with E-state index in [2.05, 4.69) is 9.71 Å². The number of nitrogens with two attached hydrogens (primary N) is 1. The van der Waals surface area contributed by atoms with Crippen LogP contribution in [0.15, 0.2) is 11.2 Å². The molecule has 0 amide bonds. The standard InChI is InChI=1S/C12H22N4O2S/c1-9-14-12(8-16(9)2)19(17,18)15-11-6-4-3-5-10(11)7-13/h8,10-11,15H,3-7,13H2,1-2H3/t10-,11+/m1/s1. The van der Waals surface area contributed by atoms with Crippen molar-refractivity contribution < 1.29 is 8.42 Å². The lowest BCUT2D eigenvalue weighted by atomic mass is 9.85. The van der Waals surface area contributed by atoms with Gasteiger partial charge in [-0.3, -0.25) is 0 Å². The van der Waals surface area contributed by atoms with Crippen LogP contribution >= 0.6 is 0 Å². The smallest absolute Gasteiger partial charge is 0.259 e. The van der Waals surface area contributed by atoms with Crippen LogP contribution in [0, 0.1) is 12.8 Å². The molecule has 3 N–H and O–H groups in total. The van der Waals surface area contributed by atoms with Gasteiger partial charge in [-0.15, -0.1) is 0 Å². The van der Waals surface area contributed by atoms with Gasteiger partial charge in [-0.05, 0) is 32.2 Å². The zero-order valence-electron chi connectivity index (χ0n) is 11.5. The first-order valence-corrected chi connectivity index (χ1v) is 8.14. The van der Waals surface area contributed by atoms with E-state index >= 15 is 0 Å². The molecular formula is C12H22N4O2S. The monoisotopic (exact) mass is 286 g/mol. The highest BCUT2D eigenvalue weighted by molar-refractivity contribution is 7.89. The lowest BCUT2D eigenvalue weighted by Gasteiger charge is -2.30. The number of aromatic nitrogens is 2. The van der Waals surface area contributed by atoms with E-state index in [4.69, 9.17) is 5.73 Å². The molecule has 0 spiro atoms. The van der Waals surface area contributed by atoms with E-state index in [1.807, 2.05) is 0 Å². The number of rotatable bonds is 4. The Morgan fingerprint density at radius 3 is 2.74 bits per heavy atom. The molecular weight excluding hydrogens is 264 g/mol. The topological polar surface area (TPSA) is 90.0 Å². The van der Waals surface area contributed by atoms with E-state index in [0.29, 0.717) is 12.4 Å². The lowest BCUT2D eigenvalue weighted by Crippen LogP contribution is -2.44. The van der Waals surface area contributed by atoms with Gasteiger partial charge in [-0.1, -0.05) is 12.8 Å². The van der Waals surface area contributed by atoms with Gasteiger partial charge in [-0.2, -0.15) is 0 Å². The molecule has 2 rings (SSSR count). The third-order valence-corrected chi connectivity index (χ3v) is 5.24. The molecule has 0 bridgehead atoms. The van der Waals surface area contributed by atoms with Gasteiger partial charge in [-0.25, -0.2) is 18.1 Å². The molecule has 1 aromatic rings. The first-order valence-electron chi connectivity index (χ1n) is 6.66. The van der Waals surface area contributed by atoms with Crippen molar-refractivity contribution in [1.29, 1.82) is 0 Å². The van der Waals surface area contributed by atoms with Crippen molar-refractivity contribution in [3.63, 3.8) is 0 Å². The second kappa shape index (κ2) is 5.60. The summed E-state index contributed by atoms with van der Waals surface area (Å²) in [5.41, 5.74) is 5.72. The third-order valence-electron chi connectivity index (χ3n) is 3.88. The summed E-state index contributed by atoms with van der Waals surface area (Å²) in [5, 5.41) is 0.0915. The van der Waals surface area contributed by atoms with Crippen LogP contribution in [-0.2, 0) is 17.1 Å². The van der Waals surface area contributed by atoms with E-state index < -0.39 is 10.0 Å². The van der Waals surface area contributed by atoms with E-state index in [0.717, 1.165) is 25.7 Å². The maximum absolute atomic E-state index is 12.3. The van der Waals surface area contributed by atoms with Crippen molar-refractivity contribution in [3.8, 4) is 0 Å². The molecule has 1 aliphatic rings. The average Bonchev–Trinajstić information content (AvgIpc) is 2.71. The van der Waals surface area contributed by atoms with Crippen LogP contribution < -0.4 is 10.5 Å². The second-order valence-corrected chi connectivity index (χ2v) is 6.91. The molecule has 108 valence electrons. The van der Waals surface area contributed by atoms with Crippen molar-refractivity contribution in [1.82, 2.24) is 14.3 Å². The molecule has 19 heavy (non-hydrogen) atoms. The Kier molecular flexibility index (Phi) is 4.27. The van der Waals surface area contributed by atoms with Gasteiger partial charge in [0, 0.05) is 19.3 Å². The van der Waals surface area contributed by atoms with Crippen LogP contribution in [0.1, 0.15) is 31.5 Å². The fourth-order valence-corrected chi connectivity index (χ4v) is 3.94. The Morgan fingerprint density at radius 1 is 1.47 bits per heavy atom. The highest BCUT2D eigenvalue weighted by Gasteiger charge is 2.29.